The molecule has 2 aromatic rings. The summed E-state index contributed by atoms with van der Waals surface area (Å²) in [6, 6.07) is 8.01. The summed E-state index contributed by atoms with van der Waals surface area (Å²) in [6.45, 7) is 9.83. The second kappa shape index (κ2) is 6.81. The Balaban J connectivity index is 2.17. The number of carbonyl (C=O) groups excluding carboxylic acids is 1. The lowest BCUT2D eigenvalue weighted by Gasteiger charge is -2.21. The fourth-order valence-corrected chi connectivity index (χ4v) is 3.27. The number of nitrogens with one attached hydrogen (secondary N) is 1. The predicted octanol–water partition coefficient (Wildman–Crippen LogP) is 1.57. The fourth-order valence-electron chi connectivity index (χ4n) is 2.24. The lowest BCUT2D eigenvalue weighted by atomic mass is 10.3. The molecule has 0 saturated heterocycles. The summed E-state index contributed by atoms with van der Waals surface area (Å²) in [5.74, 6) is 0.0654. The summed E-state index contributed by atoms with van der Waals surface area (Å²) < 4.78 is 1.13. The van der Waals surface area contributed by atoms with Gasteiger partial charge in [0, 0.05) is 6.92 Å². The largest absolute Gasteiger partial charge is 0.334 e. The zero-order chi connectivity index (χ0) is 14.5. The highest BCUT2D eigenvalue weighted by Crippen LogP contribution is 2.28. The first-order valence-electron chi connectivity index (χ1n) is 7.13. The first-order chi connectivity index (χ1) is 9.65. The number of nitrogens with zero attached hydrogens (tertiary/aromatic N) is 2. The molecule has 0 fully saturated rings. The number of anilines is 1. The average molecular weight is 292 g/mol. The fraction of sp³-hybridized carbons (Fsp3) is 0.467. The van der Waals surface area contributed by atoms with Gasteiger partial charge in [0.05, 0.1) is 36.4 Å². The molecule has 0 unspecified atom stereocenters. The van der Waals surface area contributed by atoms with Gasteiger partial charge in [-0.3, -0.25) is 9.69 Å². The molecule has 1 heterocycles. The van der Waals surface area contributed by atoms with Crippen molar-refractivity contribution in [2.24, 2.45) is 0 Å². The maximum atomic E-state index is 11.9. The molecule has 1 amide bonds. The molecule has 0 atom stereocenters. The number of amides is 1. The number of carbonyl (C=O) groups is 1. The minimum atomic E-state index is 0.0654. The maximum absolute atomic E-state index is 11.9. The van der Waals surface area contributed by atoms with Gasteiger partial charge >= 0.3 is 0 Å². The Morgan fingerprint density at radius 2 is 2.00 bits per heavy atom. The second-order valence-electron chi connectivity index (χ2n) is 4.84. The minimum absolute atomic E-state index is 0.0654. The quantitative estimate of drug-likeness (QED) is 0.877. The van der Waals surface area contributed by atoms with Crippen LogP contribution in [0.2, 0.25) is 0 Å². The molecule has 0 spiro atoms. The van der Waals surface area contributed by atoms with Gasteiger partial charge < -0.3 is 4.90 Å². The van der Waals surface area contributed by atoms with Gasteiger partial charge in [-0.05, 0) is 26.0 Å². The van der Waals surface area contributed by atoms with Crippen LogP contribution in [0.25, 0.3) is 10.2 Å². The highest BCUT2D eigenvalue weighted by Gasteiger charge is 2.17. The third-order valence-electron chi connectivity index (χ3n) is 3.58. The van der Waals surface area contributed by atoms with Gasteiger partial charge in [0.1, 0.15) is 0 Å². The van der Waals surface area contributed by atoms with Gasteiger partial charge in [-0.2, -0.15) is 0 Å². The standard InChI is InChI=1S/C15H21N3OS/c1-4-17(5-2)10-11-18(12(3)19)15-16-13-8-6-7-9-14(13)20-15/h6-9H,4-5,10-11H2,1-3H3/p+1. The Hall–Kier alpha value is -1.46. The third kappa shape index (κ3) is 3.35. The molecule has 0 aliphatic heterocycles. The van der Waals surface area contributed by atoms with E-state index in [1.807, 2.05) is 24.3 Å². The first-order valence-corrected chi connectivity index (χ1v) is 7.94. The number of benzene rings is 1. The van der Waals surface area contributed by atoms with Crippen LogP contribution in [0.5, 0.6) is 0 Å². The van der Waals surface area contributed by atoms with Crippen molar-refractivity contribution in [1.82, 2.24) is 4.98 Å². The van der Waals surface area contributed by atoms with Crippen LogP contribution in [0.4, 0.5) is 5.13 Å². The van der Waals surface area contributed by atoms with Gasteiger partial charge in [0.2, 0.25) is 5.91 Å². The van der Waals surface area contributed by atoms with Crippen LogP contribution in [-0.4, -0.2) is 37.1 Å². The number of rotatable bonds is 6. The van der Waals surface area contributed by atoms with Crippen molar-refractivity contribution in [2.75, 3.05) is 31.1 Å². The van der Waals surface area contributed by atoms with Crippen molar-refractivity contribution >= 4 is 32.6 Å². The van der Waals surface area contributed by atoms with Gasteiger partial charge in [-0.15, -0.1) is 0 Å². The molecular weight excluding hydrogens is 270 g/mol. The Labute approximate surface area is 124 Å². The number of hydrogen-bond acceptors (Lipinski definition) is 3. The molecule has 2 rings (SSSR count). The van der Waals surface area contributed by atoms with Crippen LogP contribution in [0.3, 0.4) is 0 Å². The lowest BCUT2D eigenvalue weighted by molar-refractivity contribution is -0.894. The Morgan fingerprint density at radius 1 is 1.30 bits per heavy atom. The van der Waals surface area contributed by atoms with E-state index in [1.165, 1.54) is 4.90 Å². The molecule has 20 heavy (non-hydrogen) atoms. The highest BCUT2D eigenvalue weighted by atomic mass is 32.1. The molecule has 0 saturated carbocycles. The van der Waals surface area contributed by atoms with Crippen LogP contribution in [0.1, 0.15) is 20.8 Å². The van der Waals surface area contributed by atoms with E-state index in [0.717, 1.165) is 41.5 Å². The van der Waals surface area contributed by atoms with E-state index in [9.17, 15) is 4.79 Å². The number of quaternary nitrogens is 1. The van der Waals surface area contributed by atoms with Crippen LogP contribution < -0.4 is 9.80 Å². The molecule has 0 aliphatic carbocycles. The summed E-state index contributed by atoms with van der Waals surface area (Å²) >= 11 is 1.59. The summed E-state index contributed by atoms with van der Waals surface area (Å²) in [5.41, 5.74) is 0.967. The van der Waals surface area contributed by atoms with Gasteiger partial charge in [-0.25, -0.2) is 4.98 Å². The zero-order valence-corrected chi connectivity index (χ0v) is 13.2. The second-order valence-corrected chi connectivity index (χ2v) is 5.85. The lowest BCUT2D eigenvalue weighted by Crippen LogP contribution is -3.12. The SMILES string of the molecule is CC[NH+](CC)CCN(C(C)=O)c1nc2ccccc2s1. The molecular formula is C15H22N3OS+. The van der Waals surface area contributed by atoms with Crippen molar-refractivity contribution in [2.45, 2.75) is 20.8 Å². The molecule has 4 nitrogen and oxygen atoms in total. The molecule has 0 bridgehead atoms. The van der Waals surface area contributed by atoms with E-state index in [2.05, 4.69) is 18.8 Å². The molecule has 0 aliphatic rings. The summed E-state index contributed by atoms with van der Waals surface area (Å²) in [5, 5.41) is 0.810. The Bertz CT molecular complexity index is 544. The van der Waals surface area contributed by atoms with E-state index in [-0.39, 0.29) is 5.91 Å². The van der Waals surface area contributed by atoms with Crippen molar-refractivity contribution in [1.29, 1.82) is 0 Å². The van der Waals surface area contributed by atoms with E-state index >= 15 is 0 Å². The molecule has 1 aromatic heterocycles. The normalized spacial score (nSPS) is 11.2. The topological polar surface area (TPSA) is 37.6 Å². The van der Waals surface area contributed by atoms with Crippen molar-refractivity contribution in [3.63, 3.8) is 0 Å². The zero-order valence-electron chi connectivity index (χ0n) is 12.3. The molecule has 1 N–H and O–H groups in total. The molecule has 0 radical (unpaired) electrons. The predicted molar refractivity (Wildman–Crippen MR) is 84.6 cm³/mol. The number of thiazole rings is 1. The minimum Gasteiger partial charge on any atom is -0.334 e. The van der Waals surface area contributed by atoms with E-state index < -0.39 is 0 Å². The number of para-hydroxylation sites is 1. The van der Waals surface area contributed by atoms with Crippen molar-refractivity contribution in [3.8, 4) is 0 Å². The summed E-state index contributed by atoms with van der Waals surface area (Å²) in [4.78, 5) is 19.8. The smallest absolute Gasteiger partial charge is 0.225 e. The molecule has 108 valence electrons. The number of likely N-dealkylation sites (N-methyl/N-ethyl adjacent to an activating group) is 1. The van der Waals surface area contributed by atoms with Crippen molar-refractivity contribution < 1.29 is 9.69 Å². The Kier molecular flexibility index (Phi) is 5.09. The van der Waals surface area contributed by atoms with Crippen LogP contribution in [-0.2, 0) is 4.79 Å². The van der Waals surface area contributed by atoms with E-state index in [0.29, 0.717) is 0 Å². The first kappa shape index (κ1) is 14.9. The van der Waals surface area contributed by atoms with Gasteiger partial charge in [-0.1, -0.05) is 23.5 Å². The Morgan fingerprint density at radius 3 is 2.60 bits per heavy atom. The van der Waals surface area contributed by atoms with E-state index in [4.69, 9.17) is 0 Å². The molecule has 5 heteroatoms. The monoisotopic (exact) mass is 292 g/mol. The number of fused-ring (bicyclic) bond motifs is 1. The third-order valence-corrected chi connectivity index (χ3v) is 4.64. The van der Waals surface area contributed by atoms with Crippen LogP contribution >= 0.6 is 11.3 Å². The average Bonchev–Trinajstić information content (AvgIpc) is 2.86. The maximum Gasteiger partial charge on any atom is 0.225 e. The number of aromatic nitrogens is 1. The van der Waals surface area contributed by atoms with Crippen LogP contribution in [0, 0.1) is 0 Å². The summed E-state index contributed by atoms with van der Waals surface area (Å²) in [7, 11) is 0. The van der Waals surface area contributed by atoms with Gasteiger partial charge in [0.15, 0.2) is 5.13 Å². The van der Waals surface area contributed by atoms with E-state index in [1.54, 1.807) is 23.2 Å². The number of hydrogen-bond donors (Lipinski definition) is 1. The van der Waals surface area contributed by atoms with Gasteiger partial charge in [0.25, 0.3) is 0 Å². The van der Waals surface area contributed by atoms with Crippen LogP contribution in [0.15, 0.2) is 24.3 Å². The highest BCUT2D eigenvalue weighted by molar-refractivity contribution is 7.22. The van der Waals surface area contributed by atoms with Crippen molar-refractivity contribution in [3.05, 3.63) is 24.3 Å². The molecule has 1 aromatic carbocycles. The summed E-state index contributed by atoms with van der Waals surface area (Å²) in [6.07, 6.45) is 0.